The number of carbonyl (C=O) groups is 6. The highest BCUT2D eigenvalue weighted by atomic mass is 16.5. The van der Waals surface area contributed by atoms with Gasteiger partial charge in [-0.15, -0.1) is 0 Å². The average Bonchev–Trinajstić information content (AvgIpc) is 3.41. The maximum absolute atomic E-state index is 12.9. The first-order chi connectivity index (χ1) is 14.6. The molecule has 2 heterocycles. The quantitative estimate of drug-likeness (QED) is 0.373. The highest BCUT2D eigenvalue weighted by molar-refractivity contribution is 6.35. The fourth-order valence-corrected chi connectivity index (χ4v) is 3.99. The predicted molar refractivity (Wildman–Crippen MR) is 107 cm³/mol. The molecule has 2 fully saturated rings. The smallest absolute Gasteiger partial charge is 0.376 e. The lowest BCUT2D eigenvalue weighted by Crippen LogP contribution is -2.56. The van der Waals surface area contributed by atoms with E-state index in [0.717, 1.165) is 13.5 Å². The molecule has 2 saturated heterocycles. The minimum atomic E-state index is -1.09. The second-order valence-electron chi connectivity index (χ2n) is 7.88. The van der Waals surface area contributed by atoms with Crippen molar-refractivity contribution in [3.63, 3.8) is 0 Å². The van der Waals surface area contributed by atoms with Gasteiger partial charge in [0.2, 0.25) is 23.6 Å². The summed E-state index contributed by atoms with van der Waals surface area (Å²) in [6.45, 7) is 5.14. The number of Topliss-reactive ketones (excluding diaryl/α,β-unsaturated/α-hetero) is 1. The van der Waals surface area contributed by atoms with E-state index < -0.39 is 53.6 Å². The highest BCUT2D eigenvalue weighted by Crippen LogP contribution is 2.20. The molecule has 172 valence electrons. The molecule has 0 saturated carbocycles. The van der Waals surface area contributed by atoms with Crippen molar-refractivity contribution < 1.29 is 33.5 Å². The van der Waals surface area contributed by atoms with Crippen LogP contribution in [-0.2, 0) is 33.5 Å². The van der Waals surface area contributed by atoms with Crippen molar-refractivity contribution in [3.05, 3.63) is 0 Å². The number of ether oxygens (including phenoxy) is 1. The van der Waals surface area contributed by atoms with Gasteiger partial charge in [-0.3, -0.25) is 24.0 Å². The second kappa shape index (κ2) is 10.4. The summed E-state index contributed by atoms with van der Waals surface area (Å²) < 4.78 is 4.36. The number of ketones is 1. The third-order valence-corrected chi connectivity index (χ3v) is 5.67. The standard InChI is InChI=1S/C20H30N4O7/c1-11(16(26)20(30)31-4)21-18(28)15-8-6-10-24(15)19(29)12(2)22-17(27)14-7-5-9-23(14)13(3)25/h11-12,14-15H,5-10H2,1-4H3,(H,21,28)(H,22,27)/t11-,12-,14-,15-/m0/s1. The van der Waals surface area contributed by atoms with Gasteiger partial charge in [0, 0.05) is 20.0 Å². The Morgan fingerprint density at radius 1 is 0.839 bits per heavy atom. The molecular formula is C20H30N4O7. The molecule has 2 N–H and O–H groups in total. The highest BCUT2D eigenvalue weighted by Gasteiger charge is 2.39. The molecule has 2 aliphatic heterocycles. The van der Waals surface area contributed by atoms with E-state index in [-0.39, 0.29) is 5.91 Å². The largest absolute Gasteiger partial charge is 0.463 e. The number of likely N-dealkylation sites (tertiary alicyclic amines) is 2. The van der Waals surface area contributed by atoms with Crippen molar-refractivity contribution in [3.8, 4) is 0 Å². The monoisotopic (exact) mass is 438 g/mol. The average molecular weight is 438 g/mol. The predicted octanol–water partition coefficient (Wildman–Crippen LogP) is -1.26. The van der Waals surface area contributed by atoms with Gasteiger partial charge in [-0.05, 0) is 39.5 Å². The van der Waals surface area contributed by atoms with Gasteiger partial charge in [-0.25, -0.2) is 4.79 Å². The van der Waals surface area contributed by atoms with Crippen molar-refractivity contribution in [2.45, 2.75) is 70.6 Å². The lowest BCUT2D eigenvalue weighted by atomic mass is 10.1. The molecule has 0 aromatic carbocycles. The molecule has 4 atom stereocenters. The van der Waals surface area contributed by atoms with Crippen LogP contribution in [0.25, 0.3) is 0 Å². The van der Waals surface area contributed by atoms with Gasteiger partial charge in [-0.2, -0.15) is 0 Å². The van der Waals surface area contributed by atoms with Crippen molar-refractivity contribution >= 4 is 35.4 Å². The van der Waals surface area contributed by atoms with Crippen molar-refractivity contribution in [2.24, 2.45) is 0 Å². The van der Waals surface area contributed by atoms with Crippen LogP contribution in [0.2, 0.25) is 0 Å². The summed E-state index contributed by atoms with van der Waals surface area (Å²) in [5.41, 5.74) is 0. The lowest BCUT2D eigenvalue weighted by Gasteiger charge is -2.29. The molecule has 0 spiro atoms. The first-order valence-corrected chi connectivity index (χ1v) is 10.4. The molecule has 0 aliphatic carbocycles. The van der Waals surface area contributed by atoms with E-state index in [1.54, 1.807) is 0 Å². The molecule has 2 rings (SSSR count). The van der Waals surface area contributed by atoms with Gasteiger partial charge < -0.3 is 25.2 Å². The van der Waals surface area contributed by atoms with Gasteiger partial charge >= 0.3 is 5.97 Å². The zero-order chi connectivity index (χ0) is 23.3. The SMILES string of the molecule is COC(=O)C(=O)[C@H](C)NC(=O)[C@@H]1CCCN1C(=O)[C@H](C)NC(=O)[C@@H]1CCCN1C(C)=O. The number of nitrogens with one attached hydrogen (secondary N) is 2. The van der Waals surface area contributed by atoms with Gasteiger partial charge in [0.15, 0.2) is 0 Å². The summed E-state index contributed by atoms with van der Waals surface area (Å²) in [6, 6.07) is -3.38. The van der Waals surface area contributed by atoms with Crippen LogP contribution < -0.4 is 10.6 Å². The number of hydrogen-bond donors (Lipinski definition) is 2. The molecule has 11 heteroatoms. The number of amides is 4. The first-order valence-electron chi connectivity index (χ1n) is 10.4. The van der Waals surface area contributed by atoms with E-state index in [4.69, 9.17) is 0 Å². The summed E-state index contributed by atoms with van der Waals surface area (Å²) in [6.07, 6.45) is 2.24. The van der Waals surface area contributed by atoms with Crippen LogP contribution in [0.4, 0.5) is 0 Å². The summed E-state index contributed by atoms with van der Waals surface area (Å²) >= 11 is 0. The normalized spacial score (nSPS) is 22.5. The van der Waals surface area contributed by atoms with Crippen LogP contribution in [0.3, 0.4) is 0 Å². The van der Waals surface area contributed by atoms with Crippen LogP contribution in [0.15, 0.2) is 0 Å². The number of carbonyl (C=O) groups excluding carboxylic acids is 6. The number of methoxy groups -OCH3 is 1. The molecule has 4 amide bonds. The third kappa shape index (κ3) is 5.59. The van der Waals surface area contributed by atoms with Crippen LogP contribution >= 0.6 is 0 Å². The zero-order valence-corrected chi connectivity index (χ0v) is 18.3. The summed E-state index contributed by atoms with van der Waals surface area (Å²) in [7, 11) is 1.07. The Kier molecular flexibility index (Phi) is 8.12. The maximum atomic E-state index is 12.9. The van der Waals surface area contributed by atoms with Crippen molar-refractivity contribution in [1.29, 1.82) is 0 Å². The molecule has 11 nitrogen and oxygen atoms in total. The van der Waals surface area contributed by atoms with E-state index in [1.807, 2.05) is 0 Å². The molecule has 0 aromatic heterocycles. The Labute approximate surface area is 180 Å². The van der Waals surface area contributed by atoms with Gasteiger partial charge in [0.1, 0.15) is 18.1 Å². The first kappa shape index (κ1) is 24.3. The van der Waals surface area contributed by atoms with E-state index in [9.17, 15) is 28.8 Å². The van der Waals surface area contributed by atoms with Gasteiger partial charge in [0.05, 0.1) is 13.2 Å². The van der Waals surface area contributed by atoms with E-state index in [0.29, 0.717) is 32.4 Å². The molecule has 0 unspecified atom stereocenters. The Morgan fingerprint density at radius 3 is 1.84 bits per heavy atom. The van der Waals surface area contributed by atoms with Crippen molar-refractivity contribution in [1.82, 2.24) is 20.4 Å². The fraction of sp³-hybridized carbons (Fsp3) is 0.700. The Bertz CT molecular complexity index is 769. The molecule has 0 radical (unpaired) electrons. The van der Waals surface area contributed by atoms with E-state index >= 15 is 0 Å². The minimum absolute atomic E-state index is 0.191. The molecule has 31 heavy (non-hydrogen) atoms. The van der Waals surface area contributed by atoms with E-state index in [2.05, 4.69) is 15.4 Å². The summed E-state index contributed by atoms with van der Waals surface area (Å²) in [5.74, 6) is -3.51. The lowest BCUT2D eigenvalue weighted by molar-refractivity contribution is -0.153. The topological polar surface area (TPSA) is 142 Å². The zero-order valence-electron chi connectivity index (χ0n) is 18.3. The molecule has 0 bridgehead atoms. The van der Waals surface area contributed by atoms with Crippen LogP contribution in [0.1, 0.15) is 46.5 Å². The fourth-order valence-electron chi connectivity index (χ4n) is 3.99. The second-order valence-corrected chi connectivity index (χ2v) is 7.88. The van der Waals surface area contributed by atoms with Crippen LogP contribution in [-0.4, -0.2) is 89.5 Å². The third-order valence-electron chi connectivity index (χ3n) is 5.67. The number of rotatable bonds is 7. The van der Waals surface area contributed by atoms with Crippen molar-refractivity contribution in [2.75, 3.05) is 20.2 Å². The molecule has 2 aliphatic rings. The number of hydrogen-bond acceptors (Lipinski definition) is 7. The minimum Gasteiger partial charge on any atom is -0.463 e. The summed E-state index contributed by atoms with van der Waals surface area (Å²) in [4.78, 5) is 75.8. The Morgan fingerprint density at radius 2 is 1.32 bits per heavy atom. The Balaban J connectivity index is 1.97. The number of nitrogens with zero attached hydrogens (tertiary/aromatic N) is 2. The van der Waals surface area contributed by atoms with Crippen LogP contribution in [0, 0.1) is 0 Å². The Hall–Kier alpha value is -2.98. The number of esters is 1. The molecule has 0 aromatic rings. The van der Waals surface area contributed by atoms with E-state index in [1.165, 1.54) is 30.6 Å². The van der Waals surface area contributed by atoms with Gasteiger partial charge in [0.25, 0.3) is 5.78 Å². The van der Waals surface area contributed by atoms with Gasteiger partial charge in [-0.1, -0.05) is 0 Å². The molecular weight excluding hydrogens is 408 g/mol. The maximum Gasteiger partial charge on any atom is 0.376 e. The van der Waals surface area contributed by atoms with Crippen LogP contribution in [0.5, 0.6) is 0 Å². The summed E-state index contributed by atoms with van der Waals surface area (Å²) in [5, 5.41) is 5.10.